The van der Waals surface area contributed by atoms with Gasteiger partial charge in [0.25, 0.3) is 0 Å². The van der Waals surface area contributed by atoms with Crippen LogP contribution in [0, 0.1) is 21.7 Å². The van der Waals surface area contributed by atoms with Crippen molar-refractivity contribution in [3.8, 4) is 6.07 Å². The summed E-state index contributed by atoms with van der Waals surface area (Å²) in [7, 11) is 0. The zero-order valence-corrected chi connectivity index (χ0v) is 6.42. The van der Waals surface area contributed by atoms with E-state index >= 15 is 0 Å². The Bertz CT molecular complexity index is 146. The van der Waals surface area contributed by atoms with Crippen molar-refractivity contribution in [2.24, 2.45) is 10.6 Å². The van der Waals surface area contributed by atoms with E-state index in [4.69, 9.17) is 5.26 Å². The predicted molar refractivity (Wildman–Crippen MR) is 39.3 cm³/mol. The van der Waals surface area contributed by atoms with Gasteiger partial charge in [-0.2, -0.15) is 10.2 Å². The molecule has 0 spiro atoms. The van der Waals surface area contributed by atoms with Crippen LogP contribution in [0.25, 0.3) is 0 Å². The first-order valence-electron chi connectivity index (χ1n) is 3.28. The lowest BCUT2D eigenvalue weighted by Crippen LogP contribution is -2.14. The first-order chi connectivity index (χ1) is 4.62. The van der Waals surface area contributed by atoms with Crippen LogP contribution >= 0.6 is 0 Å². The van der Waals surface area contributed by atoms with E-state index in [1.165, 1.54) is 0 Å². The van der Waals surface area contributed by atoms with E-state index < -0.39 is 0 Å². The lowest BCUT2D eigenvalue weighted by Gasteiger charge is -2.17. The van der Waals surface area contributed by atoms with Crippen molar-refractivity contribution in [2.75, 3.05) is 6.54 Å². The molecule has 0 rings (SSSR count). The van der Waals surface area contributed by atoms with Crippen LogP contribution in [0.4, 0.5) is 0 Å². The summed E-state index contributed by atoms with van der Waals surface area (Å²) in [4.78, 5) is 9.85. The Kier molecular flexibility index (Phi) is 3.63. The molecule has 0 unspecified atom stereocenters. The Morgan fingerprint density at radius 2 is 2.20 bits per heavy atom. The molecule has 0 amide bonds. The number of nitrogens with zero attached hydrogens (tertiary/aromatic N) is 2. The molecule has 3 heteroatoms. The average molecular weight is 140 g/mol. The minimum Gasteiger partial charge on any atom is -0.198 e. The molecule has 0 aliphatic carbocycles. The summed E-state index contributed by atoms with van der Waals surface area (Å²) in [6, 6.07) is 2.04. The molecule has 0 aliphatic rings. The lowest BCUT2D eigenvalue weighted by molar-refractivity contribution is 0.352. The number of nitriles is 1. The smallest absolute Gasteiger partial charge is 0.0862 e. The van der Waals surface area contributed by atoms with Crippen LogP contribution in [0.15, 0.2) is 5.18 Å². The van der Waals surface area contributed by atoms with Gasteiger partial charge in [-0.25, -0.2) is 0 Å². The van der Waals surface area contributed by atoms with Crippen molar-refractivity contribution in [3.63, 3.8) is 0 Å². The van der Waals surface area contributed by atoms with Crippen molar-refractivity contribution in [1.82, 2.24) is 0 Å². The van der Waals surface area contributed by atoms with Crippen molar-refractivity contribution >= 4 is 0 Å². The highest BCUT2D eigenvalue weighted by Gasteiger charge is 2.16. The molecular weight excluding hydrogens is 128 g/mol. The highest BCUT2D eigenvalue weighted by Crippen LogP contribution is 2.21. The Morgan fingerprint density at radius 3 is 2.60 bits per heavy atom. The van der Waals surface area contributed by atoms with Gasteiger partial charge < -0.3 is 0 Å². The minimum atomic E-state index is -0.0997. The average Bonchev–Trinajstić information content (AvgIpc) is 1.84. The molecule has 10 heavy (non-hydrogen) atoms. The zero-order valence-electron chi connectivity index (χ0n) is 6.42. The minimum absolute atomic E-state index is 0.0997. The van der Waals surface area contributed by atoms with E-state index in [9.17, 15) is 4.91 Å². The molecule has 0 fully saturated rings. The van der Waals surface area contributed by atoms with Gasteiger partial charge in [-0.1, -0.05) is 19.0 Å². The predicted octanol–water partition coefficient (Wildman–Crippen LogP) is 2.08. The molecule has 0 aromatic rings. The Labute approximate surface area is 61.0 Å². The number of rotatable bonds is 4. The molecule has 0 atom stereocenters. The van der Waals surface area contributed by atoms with E-state index in [2.05, 4.69) is 5.18 Å². The second kappa shape index (κ2) is 3.99. The first-order valence-corrected chi connectivity index (χ1v) is 3.28. The van der Waals surface area contributed by atoms with Crippen LogP contribution < -0.4 is 0 Å². The van der Waals surface area contributed by atoms with E-state index in [-0.39, 0.29) is 5.41 Å². The Balaban J connectivity index is 3.64. The molecular formula is C7H12N2O. The topological polar surface area (TPSA) is 53.2 Å². The summed E-state index contributed by atoms with van der Waals surface area (Å²) >= 11 is 0. The summed E-state index contributed by atoms with van der Waals surface area (Å²) in [6.45, 7) is 4.17. The van der Waals surface area contributed by atoms with E-state index in [0.717, 1.165) is 6.42 Å². The van der Waals surface area contributed by atoms with Crippen molar-refractivity contribution in [2.45, 2.75) is 26.7 Å². The van der Waals surface area contributed by atoms with Crippen molar-refractivity contribution < 1.29 is 0 Å². The zero-order chi connectivity index (χ0) is 8.04. The molecule has 0 aromatic carbocycles. The van der Waals surface area contributed by atoms with Gasteiger partial charge in [-0.3, -0.25) is 0 Å². The molecule has 0 bridgehead atoms. The fourth-order valence-corrected chi connectivity index (χ4v) is 0.648. The second-order valence-corrected chi connectivity index (χ2v) is 3.11. The highest BCUT2D eigenvalue weighted by atomic mass is 16.3. The molecule has 0 heterocycles. The van der Waals surface area contributed by atoms with E-state index in [1.807, 2.05) is 19.9 Å². The quantitative estimate of drug-likeness (QED) is 0.561. The maximum Gasteiger partial charge on any atom is 0.0862 e. The summed E-state index contributed by atoms with van der Waals surface area (Å²) in [5.74, 6) is 0. The summed E-state index contributed by atoms with van der Waals surface area (Å²) in [5.41, 5.74) is -0.0997. The van der Waals surface area contributed by atoms with Crippen molar-refractivity contribution in [3.05, 3.63) is 4.91 Å². The Hall–Kier alpha value is -0.910. The molecule has 0 saturated heterocycles. The lowest BCUT2D eigenvalue weighted by atomic mass is 9.88. The fourth-order valence-electron chi connectivity index (χ4n) is 0.648. The maximum absolute atomic E-state index is 9.85. The molecule has 0 radical (unpaired) electrons. The van der Waals surface area contributed by atoms with Gasteiger partial charge in [0.2, 0.25) is 0 Å². The molecule has 0 N–H and O–H groups in total. The third-order valence-corrected chi connectivity index (χ3v) is 1.41. The van der Waals surface area contributed by atoms with Crippen LogP contribution in [0.2, 0.25) is 0 Å². The van der Waals surface area contributed by atoms with Gasteiger partial charge in [-0.15, -0.1) is 0 Å². The molecule has 3 nitrogen and oxygen atoms in total. The van der Waals surface area contributed by atoms with Crippen LogP contribution in [-0.4, -0.2) is 6.54 Å². The summed E-state index contributed by atoms with van der Waals surface area (Å²) < 4.78 is 0. The summed E-state index contributed by atoms with van der Waals surface area (Å²) in [5, 5.41) is 11.0. The van der Waals surface area contributed by atoms with Crippen LogP contribution in [0.5, 0.6) is 0 Å². The van der Waals surface area contributed by atoms with E-state index in [0.29, 0.717) is 13.0 Å². The molecule has 0 saturated carbocycles. The highest BCUT2D eigenvalue weighted by molar-refractivity contribution is 4.78. The summed E-state index contributed by atoms with van der Waals surface area (Å²) in [6.07, 6.45) is 1.25. The van der Waals surface area contributed by atoms with Crippen LogP contribution in [0.1, 0.15) is 26.7 Å². The van der Waals surface area contributed by atoms with Crippen LogP contribution in [0.3, 0.4) is 0 Å². The van der Waals surface area contributed by atoms with Crippen molar-refractivity contribution in [1.29, 1.82) is 5.26 Å². The number of nitroso groups, excluding NO2 is 1. The van der Waals surface area contributed by atoms with Gasteiger partial charge >= 0.3 is 0 Å². The van der Waals surface area contributed by atoms with E-state index in [1.54, 1.807) is 0 Å². The molecule has 0 aromatic heterocycles. The molecule has 0 aliphatic heterocycles. The van der Waals surface area contributed by atoms with Gasteiger partial charge in [0.05, 0.1) is 12.6 Å². The maximum atomic E-state index is 9.85. The number of hydrogen-bond donors (Lipinski definition) is 0. The first kappa shape index (κ1) is 9.09. The normalized spacial score (nSPS) is 10.5. The van der Waals surface area contributed by atoms with Gasteiger partial charge in [0.15, 0.2) is 0 Å². The molecule has 56 valence electrons. The number of hydrogen-bond acceptors (Lipinski definition) is 3. The van der Waals surface area contributed by atoms with Gasteiger partial charge in [-0.05, 0) is 11.8 Å². The van der Waals surface area contributed by atoms with Crippen LogP contribution in [-0.2, 0) is 0 Å². The Morgan fingerprint density at radius 1 is 1.60 bits per heavy atom. The largest absolute Gasteiger partial charge is 0.198 e. The van der Waals surface area contributed by atoms with Gasteiger partial charge in [0, 0.05) is 6.42 Å². The third-order valence-electron chi connectivity index (χ3n) is 1.41. The third kappa shape index (κ3) is 4.02. The fraction of sp³-hybridized carbons (Fsp3) is 0.857. The SMILES string of the molecule is CC(C)(CCC#N)CN=O. The van der Waals surface area contributed by atoms with Gasteiger partial charge in [0.1, 0.15) is 0 Å². The second-order valence-electron chi connectivity index (χ2n) is 3.11. The standard InChI is InChI=1S/C7H12N2O/c1-7(2,6-9-10)4-3-5-8/h3-4,6H2,1-2H3. The monoisotopic (exact) mass is 140 g/mol.